The first-order chi connectivity index (χ1) is 10.1. The summed E-state index contributed by atoms with van der Waals surface area (Å²) in [5.41, 5.74) is 1.23. The van der Waals surface area contributed by atoms with Crippen molar-refractivity contribution >= 4 is 11.7 Å². The molecule has 1 N–H and O–H groups in total. The Morgan fingerprint density at radius 2 is 1.95 bits per heavy atom. The maximum Gasteiger partial charge on any atom is 0.303 e. The first kappa shape index (κ1) is 15.9. The van der Waals surface area contributed by atoms with Gasteiger partial charge in [0.2, 0.25) is 0 Å². The van der Waals surface area contributed by atoms with E-state index in [4.69, 9.17) is 5.11 Å². The van der Waals surface area contributed by atoms with Gasteiger partial charge in [-0.1, -0.05) is 44.9 Å². The molecule has 116 valence electrons. The number of carboxylic acids is 1. The van der Waals surface area contributed by atoms with Crippen LogP contribution in [0, 0.1) is 11.8 Å². The molecule has 3 atom stereocenters. The molecular weight excluding hydrogens is 262 g/mol. The minimum Gasteiger partial charge on any atom is -0.481 e. The SMILES string of the molecule is CC1CCCC(N(CCCC(=O)O)c2ccccc2)C1C. The van der Waals surface area contributed by atoms with Gasteiger partial charge in [0.05, 0.1) is 0 Å². The van der Waals surface area contributed by atoms with E-state index in [1.165, 1.54) is 24.9 Å². The highest BCUT2D eigenvalue weighted by atomic mass is 16.4. The van der Waals surface area contributed by atoms with E-state index in [0.717, 1.165) is 12.5 Å². The Morgan fingerprint density at radius 1 is 1.24 bits per heavy atom. The smallest absolute Gasteiger partial charge is 0.303 e. The van der Waals surface area contributed by atoms with Crippen LogP contribution in [0.3, 0.4) is 0 Å². The van der Waals surface area contributed by atoms with E-state index in [0.29, 0.717) is 18.4 Å². The van der Waals surface area contributed by atoms with E-state index in [1.807, 2.05) is 6.07 Å². The highest BCUT2D eigenvalue weighted by Crippen LogP contribution is 2.35. The summed E-state index contributed by atoms with van der Waals surface area (Å²) in [6, 6.07) is 11.0. The number of rotatable bonds is 6. The number of aliphatic carboxylic acids is 1. The van der Waals surface area contributed by atoms with E-state index in [2.05, 4.69) is 43.0 Å². The molecule has 3 unspecified atom stereocenters. The third-order valence-electron chi connectivity index (χ3n) is 4.94. The van der Waals surface area contributed by atoms with Gasteiger partial charge in [-0.3, -0.25) is 4.79 Å². The summed E-state index contributed by atoms with van der Waals surface area (Å²) in [5.74, 6) is 0.700. The molecule has 21 heavy (non-hydrogen) atoms. The molecule has 1 aromatic rings. The Balaban J connectivity index is 2.12. The first-order valence-electron chi connectivity index (χ1n) is 8.13. The number of hydrogen-bond donors (Lipinski definition) is 1. The summed E-state index contributed by atoms with van der Waals surface area (Å²) in [4.78, 5) is 13.2. The third-order valence-corrected chi connectivity index (χ3v) is 4.94. The summed E-state index contributed by atoms with van der Waals surface area (Å²) in [5, 5.41) is 8.88. The molecule has 2 rings (SSSR count). The predicted octanol–water partition coefficient (Wildman–Crippen LogP) is 4.18. The van der Waals surface area contributed by atoms with Crippen LogP contribution >= 0.6 is 0 Å². The Labute approximate surface area is 128 Å². The molecule has 0 aromatic heterocycles. The Bertz CT molecular complexity index is 446. The van der Waals surface area contributed by atoms with Crippen molar-refractivity contribution in [3.05, 3.63) is 30.3 Å². The normalized spacial score (nSPS) is 25.5. The van der Waals surface area contributed by atoms with E-state index in [1.54, 1.807) is 0 Å². The van der Waals surface area contributed by atoms with Gasteiger partial charge < -0.3 is 10.0 Å². The Kier molecular flexibility index (Phi) is 5.66. The zero-order chi connectivity index (χ0) is 15.2. The van der Waals surface area contributed by atoms with Gasteiger partial charge in [-0.15, -0.1) is 0 Å². The molecule has 1 aliphatic carbocycles. The van der Waals surface area contributed by atoms with Crippen molar-refractivity contribution < 1.29 is 9.90 Å². The van der Waals surface area contributed by atoms with Crippen LogP contribution in [-0.2, 0) is 4.79 Å². The molecule has 3 heteroatoms. The quantitative estimate of drug-likeness (QED) is 0.854. The van der Waals surface area contributed by atoms with Crippen LogP contribution in [-0.4, -0.2) is 23.7 Å². The molecule has 1 fully saturated rings. The topological polar surface area (TPSA) is 40.5 Å². The number of anilines is 1. The number of nitrogens with zero attached hydrogens (tertiary/aromatic N) is 1. The van der Waals surface area contributed by atoms with Crippen molar-refractivity contribution in [2.75, 3.05) is 11.4 Å². The summed E-state index contributed by atoms with van der Waals surface area (Å²) < 4.78 is 0. The Hall–Kier alpha value is -1.51. The minimum atomic E-state index is -0.701. The van der Waals surface area contributed by atoms with Crippen molar-refractivity contribution in [3.63, 3.8) is 0 Å². The van der Waals surface area contributed by atoms with Crippen molar-refractivity contribution in [2.45, 2.75) is 52.0 Å². The van der Waals surface area contributed by atoms with E-state index in [-0.39, 0.29) is 6.42 Å². The van der Waals surface area contributed by atoms with Crippen LogP contribution in [0.15, 0.2) is 30.3 Å². The number of carbonyl (C=O) groups is 1. The van der Waals surface area contributed by atoms with Gasteiger partial charge in [0.1, 0.15) is 0 Å². The van der Waals surface area contributed by atoms with Gasteiger partial charge in [0.25, 0.3) is 0 Å². The first-order valence-corrected chi connectivity index (χ1v) is 8.13. The number of hydrogen-bond acceptors (Lipinski definition) is 2. The van der Waals surface area contributed by atoms with Gasteiger partial charge in [-0.2, -0.15) is 0 Å². The molecule has 0 aliphatic heterocycles. The lowest BCUT2D eigenvalue weighted by Crippen LogP contribution is -2.45. The fourth-order valence-corrected chi connectivity index (χ4v) is 3.50. The van der Waals surface area contributed by atoms with Gasteiger partial charge in [0, 0.05) is 24.7 Å². The summed E-state index contributed by atoms with van der Waals surface area (Å²) in [6.45, 7) is 5.52. The standard InChI is InChI=1S/C18H27NO2/c1-14-8-6-11-17(15(14)2)19(13-7-12-18(20)21)16-9-4-3-5-10-16/h3-5,9-10,14-15,17H,6-8,11-13H2,1-2H3,(H,20,21). The lowest BCUT2D eigenvalue weighted by molar-refractivity contribution is -0.137. The van der Waals surface area contributed by atoms with Crippen LogP contribution in [0.4, 0.5) is 5.69 Å². The fraction of sp³-hybridized carbons (Fsp3) is 0.611. The van der Waals surface area contributed by atoms with Gasteiger partial charge in [-0.25, -0.2) is 0 Å². The van der Waals surface area contributed by atoms with Crippen molar-refractivity contribution in [2.24, 2.45) is 11.8 Å². The molecule has 1 aromatic carbocycles. The molecule has 0 heterocycles. The monoisotopic (exact) mass is 289 g/mol. The largest absolute Gasteiger partial charge is 0.481 e. The van der Waals surface area contributed by atoms with E-state index < -0.39 is 5.97 Å². The number of para-hydroxylation sites is 1. The summed E-state index contributed by atoms with van der Waals surface area (Å²) in [6.07, 6.45) is 4.77. The number of benzene rings is 1. The molecule has 0 radical (unpaired) electrons. The highest BCUT2D eigenvalue weighted by Gasteiger charge is 2.31. The molecule has 0 spiro atoms. The fourth-order valence-electron chi connectivity index (χ4n) is 3.50. The zero-order valence-corrected chi connectivity index (χ0v) is 13.2. The Morgan fingerprint density at radius 3 is 2.62 bits per heavy atom. The van der Waals surface area contributed by atoms with Gasteiger partial charge in [0.15, 0.2) is 0 Å². The number of carboxylic acid groups (broad SMARTS) is 1. The van der Waals surface area contributed by atoms with Crippen molar-refractivity contribution in [3.8, 4) is 0 Å². The lowest BCUT2D eigenvalue weighted by Gasteiger charge is -2.43. The second-order valence-electron chi connectivity index (χ2n) is 6.36. The molecular formula is C18H27NO2. The van der Waals surface area contributed by atoms with Crippen LogP contribution < -0.4 is 4.90 Å². The van der Waals surface area contributed by atoms with Crippen LogP contribution in [0.2, 0.25) is 0 Å². The molecule has 0 bridgehead atoms. The van der Waals surface area contributed by atoms with Crippen molar-refractivity contribution in [1.82, 2.24) is 0 Å². The average molecular weight is 289 g/mol. The lowest BCUT2D eigenvalue weighted by atomic mass is 9.77. The molecule has 0 saturated heterocycles. The molecule has 0 amide bonds. The van der Waals surface area contributed by atoms with E-state index >= 15 is 0 Å². The third kappa shape index (κ3) is 4.23. The van der Waals surface area contributed by atoms with E-state index in [9.17, 15) is 4.79 Å². The zero-order valence-electron chi connectivity index (χ0n) is 13.2. The van der Waals surface area contributed by atoms with Crippen LogP contribution in [0.5, 0.6) is 0 Å². The van der Waals surface area contributed by atoms with Crippen LogP contribution in [0.25, 0.3) is 0 Å². The predicted molar refractivity (Wildman–Crippen MR) is 86.6 cm³/mol. The molecule has 3 nitrogen and oxygen atoms in total. The minimum absolute atomic E-state index is 0.250. The molecule has 1 saturated carbocycles. The summed E-state index contributed by atoms with van der Waals surface area (Å²) in [7, 11) is 0. The second kappa shape index (κ2) is 7.48. The van der Waals surface area contributed by atoms with Gasteiger partial charge >= 0.3 is 5.97 Å². The second-order valence-corrected chi connectivity index (χ2v) is 6.36. The highest BCUT2D eigenvalue weighted by molar-refractivity contribution is 5.66. The average Bonchev–Trinajstić information content (AvgIpc) is 2.48. The van der Waals surface area contributed by atoms with Gasteiger partial charge in [-0.05, 0) is 36.8 Å². The van der Waals surface area contributed by atoms with Crippen LogP contribution in [0.1, 0.15) is 46.0 Å². The maximum atomic E-state index is 10.8. The maximum absolute atomic E-state index is 10.8. The van der Waals surface area contributed by atoms with Crippen molar-refractivity contribution in [1.29, 1.82) is 0 Å². The molecule has 1 aliphatic rings. The summed E-state index contributed by atoms with van der Waals surface area (Å²) >= 11 is 0.